The molecule has 4 aromatic rings. The van der Waals surface area contributed by atoms with Gasteiger partial charge in [0, 0.05) is 26.2 Å². The van der Waals surface area contributed by atoms with E-state index in [1.165, 1.54) is 10.9 Å². The molecule has 1 amide bonds. The lowest BCUT2D eigenvalue weighted by atomic mass is 9.96. The zero-order valence-corrected chi connectivity index (χ0v) is 19.1. The van der Waals surface area contributed by atoms with E-state index in [1.807, 2.05) is 36.4 Å². The number of hydrogen-bond acceptors (Lipinski definition) is 7. The molecule has 3 aromatic heterocycles. The molecule has 0 unspecified atom stereocenters. The van der Waals surface area contributed by atoms with Gasteiger partial charge in [0.1, 0.15) is 18.1 Å². The SMILES string of the molecule is Nc1cc2sc(CNC(=O)Cn3cnc4c(c3=O)N[C@H](c3ccc(Cl)cc3)CC4)cc2cn1. The maximum absolute atomic E-state index is 13.0. The van der Waals surface area contributed by atoms with E-state index in [9.17, 15) is 9.59 Å². The third-order valence-electron chi connectivity index (χ3n) is 5.62. The number of fused-ring (bicyclic) bond motifs is 2. The van der Waals surface area contributed by atoms with E-state index in [1.54, 1.807) is 17.5 Å². The highest BCUT2D eigenvalue weighted by Gasteiger charge is 2.24. The number of carbonyl (C=O) groups excluding carboxylic acids is 1. The second kappa shape index (κ2) is 8.84. The second-order valence-electron chi connectivity index (χ2n) is 7.92. The molecule has 1 aliphatic rings. The van der Waals surface area contributed by atoms with Crippen LogP contribution in [-0.2, 0) is 24.3 Å². The minimum atomic E-state index is -0.265. The zero-order valence-electron chi connectivity index (χ0n) is 17.5. The van der Waals surface area contributed by atoms with Crippen molar-refractivity contribution in [2.45, 2.75) is 32.0 Å². The normalized spacial score (nSPS) is 15.1. The predicted octanol–water partition coefficient (Wildman–Crippen LogP) is 3.50. The first kappa shape index (κ1) is 21.4. The lowest BCUT2D eigenvalue weighted by molar-refractivity contribution is -0.121. The molecule has 0 bridgehead atoms. The summed E-state index contributed by atoms with van der Waals surface area (Å²) in [5.41, 5.74) is 7.70. The molecule has 168 valence electrons. The van der Waals surface area contributed by atoms with Gasteiger partial charge in [-0.15, -0.1) is 11.3 Å². The van der Waals surface area contributed by atoms with Crippen molar-refractivity contribution in [1.29, 1.82) is 0 Å². The van der Waals surface area contributed by atoms with Gasteiger partial charge in [-0.25, -0.2) is 9.97 Å². The highest BCUT2D eigenvalue weighted by atomic mass is 35.5. The highest BCUT2D eigenvalue weighted by molar-refractivity contribution is 7.19. The number of rotatable bonds is 5. The zero-order chi connectivity index (χ0) is 22.9. The van der Waals surface area contributed by atoms with Crippen LogP contribution in [0.4, 0.5) is 11.5 Å². The topological polar surface area (TPSA) is 115 Å². The lowest BCUT2D eigenvalue weighted by Gasteiger charge is -2.26. The Kier molecular flexibility index (Phi) is 5.74. The van der Waals surface area contributed by atoms with Gasteiger partial charge in [0.25, 0.3) is 5.56 Å². The number of nitrogens with zero attached hydrogens (tertiary/aromatic N) is 3. The molecular formula is C23H21ClN6O2S. The van der Waals surface area contributed by atoms with Gasteiger partial charge >= 0.3 is 0 Å². The fourth-order valence-electron chi connectivity index (χ4n) is 3.93. The average molecular weight is 481 g/mol. The summed E-state index contributed by atoms with van der Waals surface area (Å²) in [4.78, 5) is 35.1. The summed E-state index contributed by atoms with van der Waals surface area (Å²) in [5.74, 6) is 0.199. The molecule has 1 aliphatic heterocycles. The van der Waals surface area contributed by atoms with Crippen molar-refractivity contribution in [1.82, 2.24) is 19.9 Å². The molecule has 1 aromatic carbocycles. The Morgan fingerprint density at radius 1 is 1.27 bits per heavy atom. The predicted molar refractivity (Wildman–Crippen MR) is 131 cm³/mol. The van der Waals surface area contributed by atoms with Crippen molar-refractivity contribution in [3.8, 4) is 0 Å². The summed E-state index contributed by atoms with van der Waals surface area (Å²) < 4.78 is 2.35. The Morgan fingerprint density at radius 3 is 2.91 bits per heavy atom. The van der Waals surface area contributed by atoms with E-state index in [0.717, 1.165) is 32.6 Å². The number of aromatic nitrogens is 3. The van der Waals surface area contributed by atoms with Gasteiger partial charge < -0.3 is 16.4 Å². The first-order valence-electron chi connectivity index (χ1n) is 10.5. The van der Waals surface area contributed by atoms with Crippen LogP contribution in [0.2, 0.25) is 5.02 Å². The van der Waals surface area contributed by atoms with Crippen LogP contribution in [0.25, 0.3) is 10.1 Å². The molecule has 4 heterocycles. The molecule has 5 rings (SSSR count). The van der Waals surface area contributed by atoms with Gasteiger partial charge in [-0.2, -0.15) is 0 Å². The first-order valence-corrected chi connectivity index (χ1v) is 11.7. The fraction of sp³-hybridized carbons (Fsp3) is 0.217. The number of carbonyl (C=O) groups is 1. The van der Waals surface area contributed by atoms with E-state index in [-0.39, 0.29) is 24.1 Å². The van der Waals surface area contributed by atoms with Crippen LogP contribution in [0.5, 0.6) is 0 Å². The first-order chi connectivity index (χ1) is 16.0. The smallest absolute Gasteiger partial charge is 0.277 e. The molecule has 0 radical (unpaired) electrons. The third-order valence-corrected chi connectivity index (χ3v) is 6.97. The number of halogens is 1. The van der Waals surface area contributed by atoms with Gasteiger partial charge in [0.2, 0.25) is 5.91 Å². The van der Waals surface area contributed by atoms with E-state index < -0.39 is 0 Å². The summed E-state index contributed by atoms with van der Waals surface area (Å²) >= 11 is 7.54. The van der Waals surface area contributed by atoms with Gasteiger partial charge in [-0.05, 0) is 42.7 Å². The van der Waals surface area contributed by atoms with Crippen molar-refractivity contribution < 1.29 is 4.79 Å². The van der Waals surface area contributed by atoms with Gasteiger partial charge in [-0.3, -0.25) is 14.2 Å². The molecule has 4 N–H and O–H groups in total. The summed E-state index contributed by atoms with van der Waals surface area (Å²) in [7, 11) is 0. The Bertz CT molecular complexity index is 1400. The Labute approximate surface area is 198 Å². The Balaban J connectivity index is 1.27. The van der Waals surface area contributed by atoms with Crippen LogP contribution in [0.15, 0.2) is 53.7 Å². The van der Waals surface area contributed by atoms with Crippen LogP contribution < -0.4 is 21.9 Å². The number of nitrogen functional groups attached to an aromatic ring is 1. The molecule has 10 heteroatoms. The monoisotopic (exact) mass is 480 g/mol. The minimum absolute atomic E-state index is 0.00886. The van der Waals surface area contributed by atoms with Crippen LogP contribution in [0, 0.1) is 0 Å². The van der Waals surface area contributed by atoms with Crippen LogP contribution >= 0.6 is 22.9 Å². The fourth-order valence-corrected chi connectivity index (χ4v) is 5.08. The second-order valence-corrected chi connectivity index (χ2v) is 9.53. The number of amides is 1. The Morgan fingerprint density at radius 2 is 2.09 bits per heavy atom. The molecule has 0 fully saturated rings. The number of thiophene rings is 1. The third kappa shape index (κ3) is 4.55. The van der Waals surface area contributed by atoms with Crippen molar-refractivity contribution in [2.24, 2.45) is 0 Å². The number of nitrogens with two attached hydrogens (primary N) is 1. The summed E-state index contributed by atoms with van der Waals surface area (Å²) in [6, 6.07) is 11.3. The van der Waals surface area contributed by atoms with Crippen molar-refractivity contribution in [3.63, 3.8) is 0 Å². The molecule has 33 heavy (non-hydrogen) atoms. The molecule has 0 spiro atoms. The summed E-state index contributed by atoms with van der Waals surface area (Å²) in [5, 5.41) is 7.83. The standard InChI is InChI=1S/C23H21ClN6O2S/c24-15-3-1-13(2-4-15)17-5-6-18-22(29-17)23(32)30(12-28-18)11-21(31)27-10-16-7-14-9-26-20(25)8-19(14)33-16/h1-4,7-9,12,17,29H,5-6,10-11H2,(H2,25,26)(H,27,31)/t17-/m0/s1. The number of benzene rings is 1. The number of nitrogens with one attached hydrogen (secondary N) is 2. The van der Waals surface area contributed by atoms with Gasteiger partial charge in [0.15, 0.2) is 0 Å². The molecule has 0 saturated carbocycles. The summed E-state index contributed by atoms with van der Waals surface area (Å²) in [6.45, 7) is 0.258. The number of pyridine rings is 1. The molecule has 1 atom stereocenters. The van der Waals surface area contributed by atoms with Crippen molar-refractivity contribution in [2.75, 3.05) is 11.1 Å². The lowest BCUT2D eigenvalue weighted by Crippen LogP contribution is -2.35. The minimum Gasteiger partial charge on any atom is -0.384 e. The van der Waals surface area contributed by atoms with E-state index in [4.69, 9.17) is 17.3 Å². The summed E-state index contributed by atoms with van der Waals surface area (Å²) in [6.07, 6.45) is 4.67. The molecule has 0 saturated heterocycles. The largest absolute Gasteiger partial charge is 0.384 e. The molecule has 0 aliphatic carbocycles. The molecular weight excluding hydrogens is 460 g/mol. The van der Waals surface area contributed by atoms with Crippen LogP contribution in [0.3, 0.4) is 0 Å². The van der Waals surface area contributed by atoms with Crippen LogP contribution in [0.1, 0.15) is 28.6 Å². The van der Waals surface area contributed by atoms with E-state index >= 15 is 0 Å². The maximum Gasteiger partial charge on any atom is 0.277 e. The quantitative estimate of drug-likeness (QED) is 0.402. The average Bonchev–Trinajstić information content (AvgIpc) is 3.22. The van der Waals surface area contributed by atoms with Gasteiger partial charge in [-0.1, -0.05) is 23.7 Å². The van der Waals surface area contributed by atoms with Crippen LogP contribution in [-0.4, -0.2) is 20.4 Å². The molecule has 8 nitrogen and oxygen atoms in total. The van der Waals surface area contributed by atoms with Crippen molar-refractivity contribution in [3.05, 3.63) is 80.4 Å². The van der Waals surface area contributed by atoms with Crippen molar-refractivity contribution >= 4 is 50.4 Å². The van der Waals surface area contributed by atoms with E-state index in [2.05, 4.69) is 20.6 Å². The Hall–Kier alpha value is -3.43. The number of anilines is 2. The van der Waals surface area contributed by atoms with E-state index in [0.29, 0.717) is 29.5 Å². The van der Waals surface area contributed by atoms with Gasteiger partial charge in [0.05, 0.1) is 24.6 Å². The maximum atomic E-state index is 13.0. The number of aryl methyl sites for hydroxylation is 1. The highest BCUT2D eigenvalue weighted by Crippen LogP contribution is 2.30. The number of hydrogen-bond donors (Lipinski definition) is 3.